The van der Waals surface area contributed by atoms with Crippen LogP contribution in [0, 0.1) is 0 Å². The van der Waals surface area contributed by atoms with Crippen molar-refractivity contribution in [3.8, 4) is 0 Å². The lowest BCUT2D eigenvalue weighted by Gasteiger charge is -2.21. The molecule has 0 spiro atoms. The van der Waals surface area contributed by atoms with Crippen LogP contribution in [0.3, 0.4) is 0 Å². The van der Waals surface area contributed by atoms with Gasteiger partial charge in [0.25, 0.3) is 0 Å². The molecule has 0 aromatic carbocycles. The second-order valence-electron chi connectivity index (χ2n) is 4.40. The number of carbonyl (C=O) groups excluding carboxylic acids is 2. The van der Waals surface area contributed by atoms with E-state index in [1.807, 2.05) is 6.92 Å². The van der Waals surface area contributed by atoms with Gasteiger partial charge < -0.3 is 25.7 Å². The number of carboxylic acids is 1. The number of likely N-dealkylation sites (tertiary alicyclic amines) is 1. The summed E-state index contributed by atoms with van der Waals surface area (Å²) in [5.41, 5.74) is 0. The van der Waals surface area contributed by atoms with Gasteiger partial charge in [-0.3, -0.25) is 4.79 Å². The van der Waals surface area contributed by atoms with E-state index in [0.717, 1.165) is 11.3 Å². The van der Waals surface area contributed by atoms with Crippen molar-refractivity contribution in [1.82, 2.24) is 15.5 Å². The number of nitrogens with one attached hydrogen (secondary N) is 2. The summed E-state index contributed by atoms with van der Waals surface area (Å²) in [5, 5.41) is 23.3. The monoisotopic (exact) mass is 273 g/mol. The average Bonchev–Trinajstić information content (AvgIpc) is 2.75. The zero-order chi connectivity index (χ0) is 14.4. The van der Waals surface area contributed by atoms with Gasteiger partial charge in [-0.1, -0.05) is 6.92 Å². The Balaban J connectivity index is 2.44. The molecule has 1 fully saturated rings. The van der Waals surface area contributed by atoms with Gasteiger partial charge in [0.2, 0.25) is 5.91 Å². The predicted octanol–water partition coefficient (Wildman–Crippen LogP) is -1.26. The molecule has 1 aliphatic heterocycles. The first-order chi connectivity index (χ1) is 8.95. The third kappa shape index (κ3) is 4.40. The van der Waals surface area contributed by atoms with Crippen molar-refractivity contribution in [1.29, 1.82) is 0 Å². The fourth-order valence-electron chi connectivity index (χ4n) is 1.86. The Morgan fingerprint density at radius 3 is 2.58 bits per heavy atom. The van der Waals surface area contributed by atoms with Gasteiger partial charge in [-0.05, 0) is 6.42 Å². The Hall–Kier alpha value is -1.83. The van der Waals surface area contributed by atoms with E-state index in [1.54, 1.807) is 0 Å². The summed E-state index contributed by atoms with van der Waals surface area (Å²) in [7, 11) is 0. The number of hydrogen-bond acceptors (Lipinski definition) is 4. The van der Waals surface area contributed by atoms with Crippen LogP contribution in [0.25, 0.3) is 0 Å². The van der Waals surface area contributed by atoms with Crippen molar-refractivity contribution in [3.63, 3.8) is 0 Å². The van der Waals surface area contributed by atoms with Gasteiger partial charge in [0, 0.05) is 19.5 Å². The number of aliphatic hydroxyl groups excluding tert-OH is 1. The van der Waals surface area contributed by atoms with E-state index in [-0.39, 0.29) is 25.4 Å². The van der Waals surface area contributed by atoms with E-state index in [1.165, 1.54) is 0 Å². The van der Waals surface area contributed by atoms with E-state index in [0.29, 0.717) is 6.54 Å². The number of rotatable bonds is 5. The van der Waals surface area contributed by atoms with E-state index in [9.17, 15) is 19.5 Å². The summed E-state index contributed by atoms with van der Waals surface area (Å²) in [6.07, 6.45) is -0.0510. The predicted molar refractivity (Wildman–Crippen MR) is 65.5 cm³/mol. The number of amides is 3. The van der Waals surface area contributed by atoms with Crippen LogP contribution >= 0.6 is 0 Å². The number of aliphatic carboxylic acids is 1. The highest BCUT2D eigenvalue weighted by atomic mass is 16.4. The van der Waals surface area contributed by atoms with Crippen LogP contribution < -0.4 is 10.6 Å². The van der Waals surface area contributed by atoms with Gasteiger partial charge >= 0.3 is 12.0 Å². The largest absolute Gasteiger partial charge is 0.480 e. The van der Waals surface area contributed by atoms with Crippen molar-refractivity contribution < 1.29 is 24.6 Å². The van der Waals surface area contributed by atoms with Gasteiger partial charge in [0.1, 0.15) is 6.04 Å². The first-order valence-corrected chi connectivity index (χ1v) is 6.17. The van der Waals surface area contributed by atoms with Crippen LogP contribution in [0.5, 0.6) is 0 Å². The zero-order valence-electron chi connectivity index (χ0n) is 10.8. The maximum atomic E-state index is 11.7. The maximum Gasteiger partial charge on any atom is 0.326 e. The van der Waals surface area contributed by atoms with Crippen LogP contribution in [-0.2, 0) is 9.59 Å². The highest BCUT2D eigenvalue weighted by Crippen LogP contribution is 2.17. The van der Waals surface area contributed by atoms with Crippen molar-refractivity contribution in [2.45, 2.75) is 31.9 Å². The number of hydrogen-bond donors (Lipinski definition) is 4. The Morgan fingerprint density at radius 2 is 2.00 bits per heavy atom. The molecule has 1 rings (SSSR count). The first kappa shape index (κ1) is 15.2. The molecule has 0 radical (unpaired) electrons. The quantitative estimate of drug-likeness (QED) is 0.498. The molecule has 0 bridgehead atoms. The second kappa shape index (κ2) is 6.93. The standard InChI is InChI=1S/C11H19N3O5/c1-2-3-12-9(16)5-13-11(19)14-6-7(15)4-8(14)10(17)18/h7-8,15H,2-6H2,1H3,(H,12,16)(H,13,19)(H,17,18)/t7-,8-/m1/s1. The molecule has 2 atom stereocenters. The highest BCUT2D eigenvalue weighted by molar-refractivity contribution is 5.87. The van der Waals surface area contributed by atoms with E-state index < -0.39 is 24.1 Å². The molecule has 4 N–H and O–H groups in total. The highest BCUT2D eigenvalue weighted by Gasteiger charge is 2.38. The van der Waals surface area contributed by atoms with Crippen LogP contribution in [-0.4, -0.2) is 64.8 Å². The number of nitrogens with zero attached hydrogens (tertiary/aromatic N) is 1. The zero-order valence-corrected chi connectivity index (χ0v) is 10.8. The summed E-state index contributed by atoms with van der Waals surface area (Å²) in [6.45, 7) is 2.17. The maximum absolute atomic E-state index is 11.7. The number of β-amino-alcohol motifs (C(OH)–C–C–N with tert-alkyl or cyclic N) is 1. The van der Waals surface area contributed by atoms with E-state index in [4.69, 9.17) is 5.11 Å². The summed E-state index contributed by atoms with van der Waals surface area (Å²) in [6, 6.07) is -1.70. The van der Waals surface area contributed by atoms with Gasteiger partial charge in [0.15, 0.2) is 0 Å². The van der Waals surface area contributed by atoms with Crippen LogP contribution in [0.4, 0.5) is 4.79 Å². The van der Waals surface area contributed by atoms with Crippen LogP contribution in [0.2, 0.25) is 0 Å². The van der Waals surface area contributed by atoms with Gasteiger partial charge in [-0.25, -0.2) is 9.59 Å². The Kier molecular flexibility index (Phi) is 5.56. The van der Waals surface area contributed by atoms with Crippen molar-refractivity contribution in [2.75, 3.05) is 19.6 Å². The van der Waals surface area contributed by atoms with Crippen LogP contribution in [0.1, 0.15) is 19.8 Å². The molecule has 1 aliphatic rings. The lowest BCUT2D eigenvalue weighted by molar-refractivity contribution is -0.141. The number of urea groups is 1. The molecule has 1 saturated heterocycles. The molecule has 19 heavy (non-hydrogen) atoms. The Labute approximate surface area is 110 Å². The molecule has 3 amide bonds. The average molecular weight is 273 g/mol. The minimum absolute atomic E-state index is 0.00475. The molecule has 0 aromatic heterocycles. The van der Waals surface area contributed by atoms with Crippen molar-refractivity contribution >= 4 is 17.9 Å². The van der Waals surface area contributed by atoms with Crippen molar-refractivity contribution in [3.05, 3.63) is 0 Å². The second-order valence-corrected chi connectivity index (χ2v) is 4.40. The van der Waals surface area contributed by atoms with Gasteiger partial charge in [0.05, 0.1) is 12.6 Å². The summed E-state index contributed by atoms with van der Waals surface area (Å²) in [4.78, 5) is 35.0. The third-order valence-corrected chi connectivity index (χ3v) is 2.80. The Morgan fingerprint density at radius 1 is 1.32 bits per heavy atom. The van der Waals surface area contributed by atoms with Crippen molar-refractivity contribution in [2.24, 2.45) is 0 Å². The smallest absolute Gasteiger partial charge is 0.326 e. The fourth-order valence-corrected chi connectivity index (χ4v) is 1.86. The molecule has 8 nitrogen and oxygen atoms in total. The molecule has 0 unspecified atom stereocenters. The lowest BCUT2D eigenvalue weighted by Crippen LogP contribution is -2.48. The number of carbonyl (C=O) groups is 3. The summed E-state index contributed by atoms with van der Waals surface area (Å²) < 4.78 is 0. The minimum atomic E-state index is -1.16. The van der Waals surface area contributed by atoms with Gasteiger partial charge in [-0.15, -0.1) is 0 Å². The molecule has 8 heteroatoms. The molecule has 0 aromatic rings. The lowest BCUT2D eigenvalue weighted by atomic mass is 10.2. The molecule has 1 heterocycles. The fraction of sp³-hybridized carbons (Fsp3) is 0.727. The van der Waals surface area contributed by atoms with Gasteiger partial charge in [-0.2, -0.15) is 0 Å². The molecule has 0 aliphatic carbocycles. The van der Waals surface area contributed by atoms with E-state index in [2.05, 4.69) is 10.6 Å². The Bertz CT molecular complexity index is 360. The summed E-state index contributed by atoms with van der Waals surface area (Å²) >= 11 is 0. The molecule has 108 valence electrons. The summed E-state index contributed by atoms with van der Waals surface area (Å²) in [5.74, 6) is -1.50. The SMILES string of the molecule is CCCNC(=O)CNC(=O)N1C[C@H](O)C[C@@H]1C(=O)O. The third-order valence-electron chi connectivity index (χ3n) is 2.80. The molecule has 0 saturated carbocycles. The first-order valence-electron chi connectivity index (χ1n) is 6.17. The normalized spacial score (nSPS) is 22.1. The topological polar surface area (TPSA) is 119 Å². The van der Waals surface area contributed by atoms with Crippen LogP contribution in [0.15, 0.2) is 0 Å². The van der Waals surface area contributed by atoms with E-state index >= 15 is 0 Å². The molecular formula is C11H19N3O5. The number of carboxylic acid groups (broad SMARTS) is 1. The minimum Gasteiger partial charge on any atom is -0.480 e. The molecular weight excluding hydrogens is 254 g/mol. The number of aliphatic hydroxyl groups is 1.